The molecule has 0 bridgehead atoms. The van der Waals surface area contributed by atoms with Crippen molar-refractivity contribution in [2.45, 2.75) is 13.0 Å². The summed E-state index contributed by atoms with van der Waals surface area (Å²) in [7, 11) is 1.59. The summed E-state index contributed by atoms with van der Waals surface area (Å²) in [5, 5.41) is 6.67. The molecule has 3 aromatic carbocycles. The Kier molecular flexibility index (Phi) is 8.49. The molecule has 0 fully saturated rings. The third kappa shape index (κ3) is 7.51. The maximum atomic E-state index is 11.8. The molecular formula is C25H26N2O4. The van der Waals surface area contributed by atoms with Crippen molar-refractivity contribution in [2.24, 2.45) is 5.16 Å². The molecule has 6 nitrogen and oxygen atoms in total. The van der Waals surface area contributed by atoms with E-state index >= 15 is 0 Å². The first-order chi connectivity index (χ1) is 15.2. The molecule has 160 valence electrons. The number of hydrogen-bond donors (Lipinski definition) is 1. The second kappa shape index (κ2) is 12.0. The quantitative estimate of drug-likeness (QED) is 0.378. The van der Waals surface area contributed by atoms with E-state index in [1.165, 1.54) is 11.8 Å². The lowest BCUT2D eigenvalue weighted by molar-refractivity contribution is -0.125. The fourth-order valence-corrected chi connectivity index (χ4v) is 2.86. The van der Waals surface area contributed by atoms with Crippen molar-refractivity contribution >= 4 is 12.1 Å². The second-order valence-electron chi connectivity index (χ2n) is 6.78. The molecule has 0 radical (unpaired) electrons. The molecule has 0 aliphatic rings. The van der Waals surface area contributed by atoms with Crippen LogP contribution in [0.3, 0.4) is 0 Å². The average Bonchev–Trinajstić information content (AvgIpc) is 2.82. The van der Waals surface area contributed by atoms with Crippen molar-refractivity contribution in [2.75, 3.05) is 20.3 Å². The van der Waals surface area contributed by atoms with Crippen molar-refractivity contribution in [1.29, 1.82) is 0 Å². The molecule has 0 atom stereocenters. The van der Waals surface area contributed by atoms with Crippen molar-refractivity contribution in [1.82, 2.24) is 5.32 Å². The minimum absolute atomic E-state index is 0.138. The van der Waals surface area contributed by atoms with Gasteiger partial charge in [-0.15, -0.1) is 0 Å². The normalized spacial score (nSPS) is 10.6. The van der Waals surface area contributed by atoms with E-state index in [-0.39, 0.29) is 12.5 Å². The predicted molar refractivity (Wildman–Crippen MR) is 120 cm³/mol. The number of methoxy groups -OCH3 is 1. The topological polar surface area (TPSA) is 69.2 Å². The zero-order valence-corrected chi connectivity index (χ0v) is 17.5. The summed E-state index contributed by atoms with van der Waals surface area (Å²) >= 11 is 0. The van der Waals surface area contributed by atoms with E-state index in [2.05, 4.69) is 10.5 Å². The summed E-state index contributed by atoms with van der Waals surface area (Å²) in [5.74, 6) is 1.02. The van der Waals surface area contributed by atoms with Crippen LogP contribution in [0.25, 0.3) is 0 Å². The van der Waals surface area contributed by atoms with Crippen LogP contribution in [0.1, 0.15) is 16.7 Å². The number of ether oxygens (including phenoxy) is 2. The largest absolute Gasteiger partial charge is 0.493 e. The van der Waals surface area contributed by atoms with Crippen molar-refractivity contribution < 1.29 is 19.1 Å². The Morgan fingerprint density at radius 3 is 2.35 bits per heavy atom. The van der Waals surface area contributed by atoms with E-state index in [1.807, 2.05) is 72.8 Å². The summed E-state index contributed by atoms with van der Waals surface area (Å²) in [5.41, 5.74) is 3.02. The molecule has 3 rings (SSSR count). The first-order valence-corrected chi connectivity index (χ1v) is 10.1. The van der Waals surface area contributed by atoms with E-state index < -0.39 is 0 Å². The number of amides is 1. The van der Waals surface area contributed by atoms with Gasteiger partial charge in [0.25, 0.3) is 5.91 Å². The first kappa shape index (κ1) is 21.9. The number of carbonyl (C=O) groups is 1. The second-order valence-corrected chi connectivity index (χ2v) is 6.78. The van der Waals surface area contributed by atoms with Gasteiger partial charge in [-0.3, -0.25) is 4.79 Å². The maximum Gasteiger partial charge on any atom is 0.260 e. The molecular weight excluding hydrogens is 392 g/mol. The van der Waals surface area contributed by atoms with Crippen LogP contribution in [-0.2, 0) is 22.7 Å². The third-order valence-electron chi connectivity index (χ3n) is 4.48. The van der Waals surface area contributed by atoms with Crippen LogP contribution in [-0.4, -0.2) is 32.4 Å². The van der Waals surface area contributed by atoms with Gasteiger partial charge in [-0.25, -0.2) is 0 Å². The molecule has 1 amide bonds. The average molecular weight is 418 g/mol. The standard InChI is InChI=1S/C25H26N2O4/c1-29-24-16-22(12-13-23(24)30-18-21-10-6-3-7-11-21)17-27-31-19-25(28)26-15-14-20-8-4-2-5-9-20/h2-13,16-17H,14-15,18-19H2,1H3,(H,26,28)/b27-17+. The fourth-order valence-electron chi connectivity index (χ4n) is 2.86. The van der Waals surface area contributed by atoms with Gasteiger partial charge in [0, 0.05) is 12.1 Å². The minimum Gasteiger partial charge on any atom is -0.493 e. The van der Waals surface area contributed by atoms with Crippen LogP contribution in [0.4, 0.5) is 0 Å². The molecule has 31 heavy (non-hydrogen) atoms. The molecule has 6 heteroatoms. The molecule has 0 unspecified atom stereocenters. The molecule has 0 heterocycles. The number of oxime groups is 1. The van der Waals surface area contributed by atoms with E-state index in [0.29, 0.717) is 24.7 Å². The highest BCUT2D eigenvalue weighted by molar-refractivity contribution is 5.81. The Morgan fingerprint density at radius 2 is 1.65 bits per heavy atom. The molecule has 0 aliphatic carbocycles. The van der Waals surface area contributed by atoms with E-state index in [4.69, 9.17) is 14.3 Å². The summed E-state index contributed by atoms with van der Waals surface area (Å²) in [4.78, 5) is 16.9. The first-order valence-electron chi connectivity index (χ1n) is 10.1. The Bertz CT molecular complexity index is 975. The smallest absolute Gasteiger partial charge is 0.260 e. The van der Waals surface area contributed by atoms with Gasteiger partial charge in [0.15, 0.2) is 18.1 Å². The summed E-state index contributed by atoms with van der Waals surface area (Å²) in [6.07, 6.45) is 2.30. The van der Waals surface area contributed by atoms with Crippen molar-refractivity contribution in [3.8, 4) is 11.5 Å². The predicted octanol–water partition coefficient (Wildman–Crippen LogP) is 3.98. The van der Waals surface area contributed by atoms with Crippen LogP contribution in [0.5, 0.6) is 11.5 Å². The van der Waals surface area contributed by atoms with Crippen LogP contribution >= 0.6 is 0 Å². The van der Waals surface area contributed by atoms with Crippen LogP contribution in [0.2, 0.25) is 0 Å². The number of nitrogens with zero attached hydrogens (tertiary/aromatic N) is 1. The van der Waals surface area contributed by atoms with Gasteiger partial charge in [-0.05, 0) is 35.7 Å². The maximum absolute atomic E-state index is 11.8. The highest BCUT2D eigenvalue weighted by atomic mass is 16.6. The van der Waals surface area contributed by atoms with Gasteiger partial charge in [0.05, 0.1) is 13.3 Å². The highest BCUT2D eigenvalue weighted by Crippen LogP contribution is 2.28. The molecule has 0 saturated carbocycles. The van der Waals surface area contributed by atoms with Gasteiger partial charge in [0.1, 0.15) is 6.61 Å². The minimum atomic E-state index is -0.213. The number of carbonyl (C=O) groups excluding carboxylic acids is 1. The van der Waals surface area contributed by atoms with Gasteiger partial charge in [-0.1, -0.05) is 65.8 Å². The monoisotopic (exact) mass is 418 g/mol. The molecule has 0 aromatic heterocycles. The molecule has 0 saturated heterocycles. The fraction of sp³-hybridized carbons (Fsp3) is 0.200. The Balaban J connectivity index is 1.42. The van der Waals surface area contributed by atoms with Gasteiger partial charge in [0.2, 0.25) is 0 Å². The Morgan fingerprint density at radius 1 is 0.935 bits per heavy atom. The van der Waals surface area contributed by atoms with Crippen LogP contribution < -0.4 is 14.8 Å². The lowest BCUT2D eigenvalue weighted by Gasteiger charge is -2.11. The third-order valence-corrected chi connectivity index (χ3v) is 4.48. The number of nitrogens with one attached hydrogen (secondary N) is 1. The lowest BCUT2D eigenvalue weighted by Crippen LogP contribution is -2.28. The van der Waals surface area contributed by atoms with E-state index in [1.54, 1.807) is 13.2 Å². The summed E-state index contributed by atoms with van der Waals surface area (Å²) in [6, 6.07) is 25.4. The van der Waals surface area contributed by atoms with Gasteiger partial charge in [-0.2, -0.15) is 0 Å². The molecule has 0 aliphatic heterocycles. The molecule has 0 spiro atoms. The van der Waals surface area contributed by atoms with Crippen LogP contribution in [0.15, 0.2) is 84.0 Å². The van der Waals surface area contributed by atoms with Crippen molar-refractivity contribution in [3.05, 3.63) is 95.6 Å². The Labute approximate surface area is 182 Å². The van der Waals surface area contributed by atoms with Gasteiger partial charge >= 0.3 is 0 Å². The van der Waals surface area contributed by atoms with Crippen LogP contribution in [0, 0.1) is 0 Å². The zero-order valence-electron chi connectivity index (χ0n) is 17.5. The summed E-state index contributed by atoms with van der Waals surface area (Å²) in [6.45, 7) is 0.866. The van der Waals surface area contributed by atoms with Gasteiger partial charge < -0.3 is 19.6 Å². The van der Waals surface area contributed by atoms with E-state index in [9.17, 15) is 4.79 Å². The summed E-state index contributed by atoms with van der Waals surface area (Å²) < 4.78 is 11.3. The highest BCUT2D eigenvalue weighted by Gasteiger charge is 2.06. The SMILES string of the molecule is COc1cc(/C=N/OCC(=O)NCCc2ccccc2)ccc1OCc1ccccc1. The zero-order chi connectivity index (χ0) is 21.7. The molecule has 1 N–H and O–H groups in total. The number of hydrogen-bond acceptors (Lipinski definition) is 5. The number of benzene rings is 3. The van der Waals surface area contributed by atoms with E-state index in [0.717, 1.165) is 17.5 Å². The Hall–Kier alpha value is -3.80. The lowest BCUT2D eigenvalue weighted by atomic mass is 10.1. The van der Waals surface area contributed by atoms with Crippen molar-refractivity contribution in [3.63, 3.8) is 0 Å². The number of rotatable bonds is 11. The molecule has 3 aromatic rings.